The van der Waals surface area contributed by atoms with E-state index in [4.69, 9.17) is 0 Å². The minimum atomic E-state index is -3.49. The molecule has 0 spiro atoms. The van der Waals surface area contributed by atoms with Gasteiger partial charge < -0.3 is 0 Å². The van der Waals surface area contributed by atoms with Crippen molar-refractivity contribution in [1.29, 1.82) is 0 Å². The average molecular weight is 241 g/mol. The lowest BCUT2D eigenvalue weighted by Gasteiger charge is -2.05. The molecule has 0 unspecified atom stereocenters. The van der Waals surface area contributed by atoms with Gasteiger partial charge in [-0.2, -0.15) is 0 Å². The molecule has 0 saturated heterocycles. The Balaban J connectivity index is 2.77. The van der Waals surface area contributed by atoms with Gasteiger partial charge in [0.05, 0.1) is 5.75 Å². The van der Waals surface area contributed by atoms with Gasteiger partial charge in [-0.15, -0.1) is 0 Å². The maximum absolute atomic E-state index is 11.6. The third-order valence-corrected chi connectivity index (χ3v) is 3.48. The summed E-state index contributed by atoms with van der Waals surface area (Å²) < 4.78 is 24.7. The standard InChI is InChI=1S/C11H15NO3S/c1-3-8-16(14,15)12-11(13)10-6-4-9(2)5-7-10/h4-7H,3,8H2,1-2H3,(H,12,13). The highest BCUT2D eigenvalue weighted by Gasteiger charge is 2.14. The minimum Gasteiger partial charge on any atom is -0.268 e. The molecule has 0 aromatic heterocycles. The van der Waals surface area contributed by atoms with Crippen LogP contribution in [0.4, 0.5) is 0 Å². The van der Waals surface area contributed by atoms with Crippen LogP contribution in [0.5, 0.6) is 0 Å². The predicted molar refractivity (Wildman–Crippen MR) is 62.7 cm³/mol. The fourth-order valence-corrected chi connectivity index (χ4v) is 2.26. The molecule has 0 aliphatic heterocycles. The van der Waals surface area contributed by atoms with E-state index in [2.05, 4.69) is 0 Å². The largest absolute Gasteiger partial charge is 0.268 e. The Labute approximate surface area is 95.7 Å². The molecule has 1 amide bonds. The molecule has 0 aliphatic rings. The smallest absolute Gasteiger partial charge is 0.264 e. The molecule has 1 aromatic rings. The highest BCUT2D eigenvalue weighted by atomic mass is 32.2. The average Bonchev–Trinajstić information content (AvgIpc) is 2.17. The van der Waals surface area contributed by atoms with Crippen LogP contribution in [-0.4, -0.2) is 20.1 Å². The first-order valence-corrected chi connectivity index (χ1v) is 6.71. The molecule has 1 N–H and O–H groups in total. The highest BCUT2D eigenvalue weighted by Crippen LogP contribution is 2.03. The summed E-state index contributed by atoms with van der Waals surface area (Å²) >= 11 is 0. The Morgan fingerprint density at radius 2 is 1.81 bits per heavy atom. The van der Waals surface area contributed by atoms with Gasteiger partial charge in [-0.3, -0.25) is 4.79 Å². The maximum atomic E-state index is 11.6. The van der Waals surface area contributed by atoms with Crippen molar-refractivity contribution in [3.05, 3.63) is 35.4 Å². The molecule has 5 heteroatoms. The van der Waals surface area contributed by atoms with E-state index in [0.29, 0.717) is 12.0 Å². The van der Waals surface area contributed by atoms with Gasteiger partial charge in [-0.1, -0.05) is 24.6 Å². The summed E-state index contributed by atoms with van der Waals surface area (Å²) in [7, 11) is -3.49. The van der Waals surface area contributed by atoms with Gasteiger partial charge in [0.25, 0.3) is 5.91 Å². The number of carbonyl (C=O) groups is 1. The molecule has 88 valence electrons. The summed E-state index contributed by atoms with van der Waals surface area (Å²) in [5.41, 5.74) is 1.37. The van der Waals surface area contributed by atoms with Gasteiger partial charge in [-0.05, 0) is 25.5 Å². The van der Waals surface area contributed by atoms with Gasteiger partial charge in [0.15, 0.2) is 0 Å². The number of aryl methyl sites for hydroxylation is 1. The lowest BCUT2D eigenvalue weighted by Crippen LogP contribution is -2.32. The molecule has 0 atom stereocenters. The predicted octanol–water partition coefficient (Wildman–Crippen LogP) is 1.46. The zero-order valence-corrected chi connectivity index (χ0v) is 10.2. The fraction of sp³-hybridized carbons (Fsp3) is 0.364. The van der Waals surface area contributed by atoms with Crippen molar-refractivity contribution in [2.45, 2.75) is 20.3 Å². The number of hydrogen-bond donors (Lipinski definition) is 1. The quantitative estimate of drug-likeness (QED) is 0.868. The van der Waals surface area contributed by atoms with Gasteiger partial charge in [0, 0.05) is 5.56 Å². The van der Waals surface area contributed by atoms with E-state index in [1.807, 2.05) is 11.6 Å². The van der Waals surface area contributed by atoms with Crippen LogP contribution >= 0.6 is 0 Å². The summed E-state index contributed by atoms with van der Waals surface area (Å²) in [6, 6.07) is 6.74. The monoisotopic (exact) mass is 241 g/mol. The molecule has 4 nitrogen and oxygen atoms in total. The van der Waals surface area contributed by atoms with Gasteiger partial charge >= 0.3 is 0 Å². The van der Waals surface area contributed by atoms with Gasteiger partial charge in [0.2, 0.25) is 10.0 Å². The van der Waals surface area contributed by atoms with Crippen LogP contribution in [0.25, 0.3) is 0 Å². The van der Waals surface area contributed by atoms with Crippen molar-refractivity contribution in [3.63, 3.8) is 0 Å². The Bertz CT molecular complexity index is 463. The second-order valence-electron chi connectivity index (χ2n) is 3.62. The van der Waals surface area contributed by atoms with Crippen LogP contribution in [-0.2, 0) is 10.0 Å². The third-order valence-electron chi connectivity index (χ3n) is 2.03. The van der Waals surface area contributed by atoms with Gasteiger partial charge in [0.1, 0.15) is 0 Å². The van der Waals surface area contributed by atoms with E-state index in [9.17, 15) is 13.2 Å². The number of benzene rings is 1. The molecule has 0 heterocycles. The summed E-state index contributed by atoms with van der Waals surface area (Å²) in [6.07, 6.45) is 0.483. The highest BCUT2D eigenvalue weighted by molar-refractivity contribution is 7.90. The Morgan fingerprint density at radius 1 is 1.25 bits per heavy atom. The normalized spacial score (nSPS) is 11.1. The lowest BCUT2D eigenvalue weighted by molar-refractivity contribution is 0.0981. The summed E-state index contributed by atoms with van der Waals surface area (Å²) in [5, 5.41) is 0. The van der Waals surface area contributed by atoms with Crippen molar-refractivity contribution < 1.29 is 13.2 Å². The van der Waals surface area contributed by atoms with Crippen LogP contribution in [0.2, 0.25) is 0 Å². The van der Waals surface area contributed by atoms with Crippen LogP contribution in [0.1, 0.15) is 29.3 Å². The molecule has 0 saturated carbocycles. The Morgan fingerprint density at radius 3 is 2.31 bits per heavy atom. The Hall–Kier alpha value is -1.36. The first kappa shape index (κ1) is 12.7. The number of nitrogens with one attached hydrogen (secondary N) is 1. The minimum absolute atomic E-state index is 0.0371. The van der Waals surface area contributed by atoms with Crippen molar-refractivity contribution in [2.24, 2.45) is 0 Å². The van der Waals surface area contributed by atoms with Crippen molar-refractivity contribution in [1.82, 2.24) is 4.72 Å². The molecular weight excluding hydrogens is 226 g/mol. The van der Waals surface area contributed by atoms with Crippen LogP contribution in [0, 0.1) is 6.92 Å². The number of amides is 1. The number of carbonyl (C=O) groups excluding carboxylic acids is 1. The van der Waals surface area contributed by atoms with E-state index in [-0.39, 0.29) is 5.75 Å². The van der Waals surface area contributed by atoms with E-state index in [1.54, 1.807) is 31.2 Å². The SMILES string of the molecule is CCCS(=O)(=O)NC(=O)c1ccc(C)cc1. The van der Waals surface area contributed by atoms with Crippen molar-refractivity contribution in [2.75, 3.05) is 5.75 Å². The molecule has 16 heavy (non-hydrogen) atoms. The summed E-state index contributed by atoms with van der Waals surface area (Å²) in [5.74, 6) is -0.613. The number of rotatable bonds is 4. The van der Waals surface area contributed by atoms with Crippen LogP contribution in [0.15, 0.2) is 24.3 Å². The van der Waals surface area contributed by atoms with Crippen molar-refractivity contribution >= 4 is 15.9 Å². The molecule has 0 aliphatic carbocycles. The molecule has 1 aromatic carbocycles. The van der Waals surface area contributed by atoms with Crippen molar-refractivity contribution in [3.8, 4) is 0 Å². The first-order chi connectivity index (χ1) is 7.44. The lowest BCUT2D eigenvalue weighted by atomic mass is 10.1. The molecule has 1 rings (SSSR count). The summed E-state index contributed by atoms with van der Waals surface area (Å²) in [4.78, 5) is 11.6. The third kappa shape index (κ3) is 3.66. The molecule has 0 fully saturated rings. The topological polar surface area (TPSA) is 63.2 Å². The van der Waals surface area contributed by atoms with E-state index < -0.39 is 15.9 Å². The zero-order chi connectivity index (χ0) is 12.2. The van der Waals surface area contributed by atoms with Crippen LogP contribution in [0.3, 0.4) is 0 Å². The van der Waals surface area contributed by atoms with Crippen LogP contribution < -0.4 is 4.72 Å². The zero-order valence-electron chi connectivity index (χ0n) is 9.36. The maximum Gasteiger partial charge on any atom is 0.264 e. The second-order valence-corrected chi connectivity index (χ2v) is 5.46. The number of sulfonamides is 1. The van der Waals surface area contributed by atoms with E-state index >= 15 is 0 Å². The molecule has 0 radical (unpaired) electrons. The molecular formula is C11H15NO3S. The summed E-state index contributed by atoms with van der Waals surface area (Å²) in [6.45, 7) is 3.64. The molecule has 0 bridgehead atoms. The fourth-order valence-electron chi connectivity index (χ4n) is 1.22. The van der Waals surface area contributed by atoms with Gasteiger partial charge in [-0.25, -0.2) is 13.1 Å². The second kappa shape index (κ2) is 5.12. The van der Waals surface area contributed by atoms with E-state index in [1.165, 1.54) is 0 Å². The Kier molecular flexibility index (Phi) is 4.06. The first-order valence-electron chi connectivity index (χ1n) is 5.06. The van der Waals surface area contributed by atoms with E-state index in [0.717, 1.165) is 5.56 Å². The number of hydrogen-bond acceptors (Lipinski definition) is 3.